The molecule has 1 atom stereocenters. The van der Waals surface area contributed by atoms with Crippen molar-refractivity contribution in [2.75, 3.05) is 5.33 Å². The van der Waals surface area contributed by atoms with Crippen LogP contribution in [0.1, 0.15) is 23.7 Å². The Balaban J connectivity index is 2.88. The van der Waals surface area contributed by atoms with E-state index in [1.54, 1.807) is 0 Å². The quantitative estimate of drug-likeness (QED) is 0.742. The van der Waals surface area contributed by atoms with Crippen LogP contribution in [0.25, 0.3) is 0 Å². The van der Waals surface area contributed by atoms with Crippen molar-refractivity contribution in [1.82, 2.24) is 5.32 Å². The fourth-order valence-corrected chi connectivity index (χ4v) is 1.89. The van der Waals surface area contributed by atoms with Crippen LogP contribution in [0.2, 0.25) is 0 Å². The molecule has 1 rings (SSSR count). The van der Waals surface area contributed by atoms with Crippen LogP contribution in [0.4, 0.5) is 0 Å². The van der Waals surface area contributed by atoms with Crippen molar-refractivity contribution in [2.24, 2.45) is 0 Å². The van der Waals surface area contributed by atoms with Gasteiger partial charge < -0.3 is 15.5 Å². The smallest absolute Gasteiger partial charge is 0.259 e. The minimum absolute atomic E-state index is 0.0218. The predicted octanol–water partition coefficient (Wildman–Crippen LogP) is 2.00. The molecule has 0 aliphatic heterocycles. The summed E-state index contributed by atoms with van der Waals surface area (Å²) >= 11 is 3.27. The molecule has 1 amide bonds. The molecule has 88 valence electrons. The minimum atomic E-state index is -0.470. The first-order valence-electron chi connectivity index (χ1n) is 4.97. The normalized spacial score (nSPS) is 12.1. The Labute approximate surface area is 102 Å². The lowest BCUT2D eigenvalue weighted by Gasteiger charge is -2.15. The number of phenols is 2. The second-order valence-electron chi connectivity index (χ2n) is 3.40. The van der Waals surface area contributed by atoms with Crippen LogP contribution < -0.4 is 5.32 Å². The summed E-state index contributed by atoms with van der Waals surface area (Å²) in [5.74, 6) is -0.911. The Morgan fingerprint density at radius 2 is 2.00 bits per heavy atom. The van der Waals surface area contributed by atoms with Crippen molar-refractivity contribution < 1.29 is 15.0 Å². The average Bonchev–Trinajstić information content (AvgIpc) is 2.25. The van der Waals surface area contributed by atoms with Crippen molar-refractivity contribution >= 4 is 21.8 Å². The van der Waals surface area contributed by atoms with E-state index in [4.69, 9.17) is 0 Å². The summed E-state index contributed by atoms with van der Waals surface area (Å²) in [7, 11) is 0. The van der Waals surface area contributed by atoms with Gasteiger partial charge in [0.1, 0.15) is 17.1 Å². The molecule has 0 aliphatic rings. The molecule has 5 heteroatoms. The Kier molecular flexibility index (Phi) is 4.61. The van der Waals surface area contributed by atoms with Gasteiger partial charge in [-0.15, -0.1) is 0 Å². The number of amides is 1. The molecule has 0 bridgehead atoms. The standard InChI is InChI=1S/C11H14BrNO3/c1-2-7(6-12)13-11(16)10-8(14)4-3-5-9(10)15/h3-5,7,14-15H,2,6H2,1H3,(H,13,16). The summed E-state index contributed by atoms with van der Waals surface area (Å²) in [4.78, 5) is 11.8. The van der Waals surface area contributed by atoms with Crippen molar-refractivity contribution in [2.45, 2.75) is 19.4 Å². The Hall–Kier alpha value is -1.23. The third-order valence-corrected chi connectivity index (χ3v) is 3.04. The van der Waals surface area contributed by atoms with E-state index in [0.717, 1.165) is 6.42 Å². The van der Waals surface area contributed by atoms with Crippen LogP contribution in [0.15, 0.2) is 18.2 Å². The van der Waals surface area contributed by atoms with Crippen molar-refractivity contribution in [3.8, 4) is 11.5 Å². The zero-order valence-electron chi connectivity index (χ0n) is 8.90. The number of alkyl halides is 1. The van der Waals surface area contributed by atoms with E-state index >= 15 is 0 Å². The first-order valence-corrected chi connectivity index (χ1v) is 6.10. The average molecular weight is 288 g/mol. The van der Waals surface area contributed by atoms with Gasteiger partial charge in [0.2, 0.25) is 0 Å². The van der Waals surface area contributed by atoms with Crippen molar-refractivity contribution in [1.29, 1.82) is 0 Å². The van der Waals surface area contributed by atoms with Gasteiger partial charge in [0.05, 0.1) is 0 Å². The Morgan fingerprint density at radius 3 is 2.44 bits per heavy atom. The van der Waals surface area contributed by atoms with Crippen LogP contribution in [-0.2, 0) is 0 Å². The maximum atomic E-state index is 11.8. The zero-order valence-corrected chi connectivity index (χ0v) is 10.5. The maximum Gasteiger partial charge on any atom is 0.259 e. The lowest BCUT2D eigenvalue weighted by Crippen LogP contribution is -2.35. The molecule has 0 fully saturated rings. The molecule has 1 unspecified atom stereocenters. The van der Waals surface area contributed by atoms with Crippen LogP contribution in [-0.4, -0.2) is 27.5 Å². The number of carbonyl (C=O) groups is 1. The first-order chi connectivity index (χ1) is 7.60. The molecule has 0 spiro atoms. The Morgan fingerprint density at radius 1 is 1.44 bits per heavy atom. The summed E-state index contributed by atoms with van der Waals surface area (Å²) in [5, 5.41) is 22.3. The lowest BCUT2D eigenvalue weighted by atomic mass is 10.1. The molecule has 1 aromatic rings. The van der Waals surface area contributed by atoms with Crippen molar-refractivity contribution in [3.63, 3.8) is 0 Å². The molecule has 0 radical (unpaired) electrons. The van der Waals surface area contributed by atoms with Gasteiger partial charge in [0.25, 0.3) is 5.91 Å². The lowest BCUT2D eigenvalue weighted by molar-refractivity contribution is 0.0934. The van der Waals surface area contributed by atoms with E-state index in [1.807, 2.05) is 6.92 Å². The highest BCUT2D eigenvalue weighted by Gasteiger charge is 2.18. The topological polar surface area (TPSA) is 69.6 Å². The number of aromatic hydroxyl groups is 2. The molecule has 4 nitrogen and oxygen atoms in total. The number of hydrogen-bond acceptors (Lipinski definition) is 3. The largest absolute Gasteiger partial charge is 0.507 e. The molecule has 0 saturated carbocycles. The van der Waals surface area contributed by atoms with E-state index in [9.17, 15) is 15.0 Å². The van der Waals surface area contributed by atoms with E-state index in [0.29, 0.717) is 5.33 Å². The molecule has 1 aromatic carbocycles. The second kappa shape index (κ2) is 5.75. The molecule has 0 saturated heterocycles. The van der Waals surface area contributed by atoms with Gasteiger partial charge in [0, 0.05) is 11.4 Å². The van der Waals surface area contributed by atoms with E-state index in [-0.39, 0.29) is 23.1 Å². The second-order valence-corrected chi connectivity index (χ2v) is 4.05. The summed E-state index contributed by atoms with van der Waals surface area (Å²) < 4.78 is 0. The molecule has 3 N–H and O–H groups in total. The van der Waals surface area contributed by atoms with Gasteiger partial charge in [0.15, 0.2) is 0 Å². The highest BCUT2D eigenvalue weighted by atomic mass is 79.9. The fraction of sp³-hybridized carbons (Fsp3) is 0.364. The van der Waals surface area contributed by atoms with Gasteiger partial charge in [-0.25, -0.2) is 0 Å². The summed E-state index contributed by atoms with van der Waals surface area (Å²) in [6, 6.07) is 4.18. The Bertz CT molecular complexity index is 357. The molecule has 0 aromatic heterocycles. The number of hydrogen-bond donors (Lipinski definition) is 3. The monoisotopic (exact) mass is 287 g/mol. The zero-order chi connectivity index (χ0) is 12.1. The van der Waals surface area contributed by atoms with E-state index in [1.165, 1.54) is 18.2 Å². The first kappa shape index (κ1) is 12.8. The highest BCUT2D eigenvalue weighted by Crippen LogP contribution is 2.26. The highest BCUT2D eigenvalue weighted by molar-refractivity contribution is 9.09. The van der Waals surface area contributed by atoms with E-state index in [2.05, 4.69) is 21.2 Å². The number of halogens is 1. The number of rotatable bonds is 4. The van der Waals surface area contributed by atoms with Crippen molar-refractivity contribution in [3.05, 3.63) is 23.8 Å². The molecule has 0 heterocycles. The van der Waals surface area contributed by atoms with Crippen LogP contribution >= 0.6 is 15.9 Å². The number of nitrogens with one attached hydrogen (secondary N) is 1. The molecular formula is C11H14BrNO3. The third kappa shape index (κ3) is 2.88. The summed E-state index contributed by atoms with van der Waals surface area (Å²) in [5.41, 5.74) is -0.0816. The minimum Gasteiger partial charge on any atom is -0.507 e. The predicted molar refractivity (Wildman–Crippen MR) is 65.1 cm³/mol. The third-order valence-electron chi connectivity index (χ3n) is 2.26. The van der Waals surface area contributed by atoms with Gasteiger partial charge in [-0.1, -0.05) is 28.9 Å². The number of phenolic OH excluding ortho intramolecular Hbond substituents is 2. The SMILES string of the molecule is CCC(CBr)NC(=O)c1c(O)cccc1O. The number of benzene rings is 1. The summed E-state index contributed by atoms with van der Waals surface area (Å²) in [6.45, 7) is 1.94. The molecule has 0 aliphatic carbocycles. The molecular weight excluding hydrogens is 274 g/mol. The molecule has 16 heavy (non-hydrogen) atoms. The van der Waals surface area contributed by atoms with Gasteiger partial charge >= 0.3 is 0 Å². The van der Waals surface area contributed by atoms with Crippen LogP contribution in [0.5, 0.6) is 11.5 Å². The number of carbonyl (C=O) groups excluding carboxylic acids is 1. The van der Waals surface area contributed by atoms with Crippen LogP contribution in [0, 0.1) is 0 Å². The van der Waals surface area contributed by atoms with Gasteiger partial charge in [-0.2, -0.15) is 0 Å². The fourth-order valence-electron chi connectivity index (χ4n) is 1.27. The van der Waals surface area contributed by atoms with Crippen LogP contribution in [0.3, 0.4) is 0 Å². The maximum absolute atomic E-state index is 11.8. The van der Waals surface area contributed by atoms with Gasteiger partial charge in [-0.05, 0) is 18.6 Å². The van der Waals surface area contributed by atoms with E-state index < -0.39 is 5.91 Å². The summed E-state index contributed by atoms with van der Waals surface area (Å²) in [6.07, 6.45) is 0.769. The van der Waals surface area contributed by atoms with Gasteiger partial charge in [-0.3, -0.25) is 4.79 Å².